The van der Waals surface area contributed by atoms with Crippen molar-refractivity contribution in [2.45, 2.75) is 0 Å². The molecule has 3 nitrogen and oxygen atoms in total. The Labute approximate surface area is 83.0 Å². The number of hydrogen-bond acceptors (Lipinski definition) is 3. The zero-order chi connectivity index (χ0) is 10.6. The number of carbonyl (C=O) groups excluding carboxylic acids is 1. The molecule has 0 saturated carbocycles. The lowest BCUT2D eigenvalue weighted by atomic mass is 10.1. The van der Waals surface area contributed by atoms with E-state index in [9.17, 15) is 4.79 Å². The Kier molecular flexibility index (Phi) is 3.29. The van der Waals surface area contributed by atoms with Crippen LogP contribution >= 0.6 is 0 Å². The van der Waals surface area contributed by atoms with E-state index in [0.717, 1.165) is 0 Å². The number of allylic oxidation sites excluding steroid dienone is 1. The molecule has 0 bridgehead atoms. The van der Waals surface area contributed by atoms with Gasteiger partial charge >= 0.3 is 0 Å². The van der Waals surface area contributed by atoms with Crippen LogP contribution in [0.3, 0.4) is 0 Å². The first kappa shape index (κ1) is 10.3. The van der Waals surface area contributed by atoms with Crippen LogP contribution < -0.4 is 9.47 Å². The SMILES string of the molecule is C=CC(=O)c1cc(OC)cc(OC)c1. The van der Waals surface area contributed by atoms with Crippen LogP contribution in [0.1, 0.15) is 10.4 Å². The number of methoxy groups -OCH3 is 2. The summed E-state index contributed by atoms with van der Waals surface area (Å²) in [5.41, 5.74) is 0.510. The first-order chi connectivity index (χ1) is 6.71. The van der Waals surface area contributed by atoms with E-state index in [0.29, 0.717) is 17.1 Å². The summed E-state index contributed by atoms with van der Waals surface area (Å²) in [6.07, 6.45) is 1.26. The molecular formula is C11H12O3. The number of rotatable bonds is 4. The first-order valence-corrected chi connectivity index (χ1v) is 4.11. The molecule has 0 fully saturated rings. The van der Waals surface area contributed by atoms with Gasteiger partial charge in [0.2, 0.25) is 0 Å². The van der Waals surface area contributed by atoms with Gasteiger partial charge in [0.25, 0.3) is 0 Å². The second-order valence-electron chi connectivity index (χ2n) is 2.67. The minimum absolute atomic E-state index is 0.151. The molecule has 74 valence electrons. The van der Waals surface area contributed by atoms with Crippen LogP contribution in [0.2, 0.25) is 0 Å². The van der Waals surface area contributed by atoms with Gasteiger partial charge in [-0.05, 0) is 18.2 Å². The number of ketones is 1. The van der Waals surface area contributed by atoms with E-state index in [-0.39, 0.29) is 5.78 Å². The Morgan fingerprint density at radius 1 is 1.21 bits per heavy atom. The largest absolute Gasteiger partial charge is 0.497 e. The predicted molar refractivity (Wildman–Crippen MR) is 54.1 cm³/mol. The Balaban J connectivity index is 3.16. The number of ether oxygens (including phenoxy) is 2. The first-order valence-electron chi connectivity index (χ1n) is 4.11. The van der Waals surface area contributed by atoms with E-state index in [1.54, 1.807) is 18.2 Å². The van der Waals surface area contributed by atoms with Crippen molar-refractivity contribution in [3.8, 4) is 11.5 Å². The predicted octanol–water partition coefficient (Wildman–Crippen LogP) is 2.07. The average molecular weight is 192 g/mol. The van der Waals surface area contributed by atoms with Gasteiger partial charge in [-0.1, -0.05) is 6.58 Å². The summed E-state index contributed by atoms with van der Waals surface area (Å²) in [5.74, 6) is 1.03. The molecule has 14 heavy (non-hydrogen) atoms. The molecule has 0 aliphatic heterocycles. The van der Waals surface area contributed by atoms with E-state index in [1.165, 1.54) is 20.3 Å². The highest BCUT2D eigenvalue weighted by Gasteiger charge is 2.06. The standard InChI is InChI=1S/C11H12O3/c1-4-11(12)8-5-9(13-2)7-10(6-8)14-3/h4-7H,1H2,2-3H3. The molecule has 0 heterocycles. The summed E-state index contributed by atoms with van der Waals surface area (Å²) in [7, 11) is 3.08. The number of carbonyl (C=O) groups is 1. The van der Waals surface area contributed by atoms with E-state index >= 15 is 0 Å². The summed E-state index contributed by atoms with van der Waals surface area (Å²) < 4.78 is 10.1. The van der Waals surface area contributed by atoms with Gasteiger partial charge in [0.1, 0.15) is 11.5 Å². The minimum atomic E-state index is -0.151. The van der Waals surface area contributed by atoms with Crippen molar-refractivity contribution < 1.29 is 14.3 Å². The van der Waals surface area contributed by atoms with Crippen LogP contribution in [0, 0.1) is 0 Å². The van der Waals surface area contributed by atoms with Gasteiger partial charge in [-0.25, -0.2) is 0 Å². The third-order valence-corrected chi connectivity index (χ3v) is 1.82. The summed E-state index contributed by atoms with van der Waals surface area (Å²) in [6.45, 7) is 3.42. The molecule has 0 N–H and O–H groups in total. The van der Waals surface area contributed by atoms with E-state index in [1.807, 2.05) is 0 Å². The van der Waals surface area contributed by atoms with E-state index in [2.05, 4.69) is 6.58 Å². The second-order valence-corrected chi connectivity index (χ2v) is 2.67. The molecule has 1 aromatic rings. The van der Waals surface area contributed by atoms with Crippen LogP contribution in [-0.2, 0) is 0 Å². The second kappa shape index (κ2) is 4.46. The number of hydrogen-bond donors (Lipinski definition) is 0. The van der Waals surface area contributed by atoms with Crippen molar-refractivity contribution in [1.29, 1.82) is 0 Å². The Bertz CT molecular complexity index is 333. The monoisotopic (exact) mass is 192 g/mol. The maximum atomic E-state index is 11.3. The molecule has 0 aliphatic rings. The van der Waals surface area contributed by atoms with Gasteiger partial charge in [-0.15, -0.1) is 0 Å². The van der Waals surface area contributed by atoms with Gasteiger partial charge in [-0.2, -0.15) is 0 Å². The summed E-state index contributed by atoms with van der Waals surface area (Å²) in [4.78, 5) is 11.3. The molecule has 0 aliphatic carbocycles. The van der Waals surface area contributed by atoms with Crippen LogP contribution in [0.5, 0.6) is 11.5 Å². The lowest BCUT2D eigenvalue weighted by Gasteiger charge is -2.05. The quantitative estimate of drug-likeness (QED) is 0.541. The number of benzene rings is 1. The van der Waals surface area contributed by atoms with Crippen molar-refractivity contribution in [3.05, 3.63) is 36.4 Å². The van der Waals surface area contributed by atoms with Crippen molar-refractivity contribution in [2.24, 2.45) is 0 Å². The van der Waals surface area contributed by atoms with Crippen molar-refractivity contribution in [1.82, 2.24) is 0 Å². The minimum Gasteiger partial charge on any atom is -0.497 e. The van der Waals surface area contributed by atoms with Gasteiger partial charge in [-0.3, -0.25) is 4.79 Å². The normalized spacial score (nSPS) is 9.29. The topological polar surface area (TPSA) is 35.5 Å². The Hall–Kier alpha value is -1.77. The molecule has 0 amide bonds. The fourth-order valence-electron chi connectivity index (χ4n) is 1.07. The van der Waals surface area contributed by atoms with Gasteiger partial charge in [0.15, 0.2) is 5.78 Å². The Morgan fingerprint density at radius 3 is 2.07 bits per heavy atom. The van der Waals surface area contributed by atoms with Crippen LogP contribution in [0.4, 0.5) is 0 Å². The summed E-state index contributed by atoms with van der Waals surface area (Å²) >= 11 is 0. The molecule has 0 spiro atoms. The highest BCUT2D eigenvalue weighted by molar-refractivity contribution is 6.04. The highest BCUT2D eigenvalue weighted by Crippen LogP contribution is 2.22. The molecule has 3 heteroatoms. The van der Waals surface area contributed by atoms with Gasteiger partial charge < -0.3 is 9.47 Å². The fraction of sp³-hybridized carbons (Fsp3) is 0.182. The van der Waals surface area contributed by atoms with Crippen LogP contribution in [0.25, 0.3) is 0 Å². The van der Waals surface area contributed by atoms with Crippen molar-refractivity contribution in [2.75, 3.05) is 14.2 Å². The molecule has 0 atom stereocenters. The fourth-order valence-corrected chi connectivity index (χ4v) is 1.07. The van der Waals surface area contributed by atoms with Crippen molar-refractivity contribution in [3.63, 3.8) is 0 Å². The molecule has 1 aromatic carbocycles. The maximum absolute atomic E-state index is 11.3. The zero-order valence-corrected chi connectivity index (χ0v) is 8.24. The molecule has 0 radical (unpaired) electrons. The lowest BCUT2D eigenvalue weighted by Crippen LogP contribution is -1.96. The summed E-state index contributed by atoms with van der Waals surface area (Å²) in [6, 6.07) is 5.00. The Morgan fingerprint density at radius 2 is 1.71 bits per heavy atom. The van der Waals surface area contributed by atoms with E-state index < -0.39 is 0 Å². The highest BCUT2D eigenvalue weighted by atomic mass is 16.5. The van der Waals surface area contributed by atoms with Crippen LogP contribution in [0.15, 0.2) is 30.9 Å². The van der Waals surface area contributed by atoms with Gasteiger partial charge in [0, 0.05) is 11.6 Å². The van der Waals surface area contributed by atoms with Crippen molar-refractivity contribution >= 4 is 5.78 Å². The lowest BCUT2D eigenvalue weighted by molar-refractivity contribution is 0.104. The zero-order valence-electron chi connectivity index (χ0n) is 8.24. The smallest absolute Gasteiger partial charge is 0.185 e. The molecule has 0 saturated heterocycles. The average Bonchev–Trinajstić information content (AvgIpc) is 2.27. The van der Waals surface area contributed by atoms with Gasteiger partial charge in [0.05, 0.1) is 14.2 Å². The molecular weight excluding hydrogens is 180 g/mol. The summed E-state index contributed by atoms with van der Waals surface area (Å²) in [5, 5.41) is 0. The molecule has 0 aromatic heterocycles. The maximum Gasteiger partial charge on any atom is 0.185 e. The molecule has 1 rings (SSSR count). The van der Waals surface area contributed by atoms with Crippen LogP contribution in [-0.4, -0.2) is 20.0 Å². The van der Waals surface area contributed by atoms with E-state index in [4.69, 9.17) is 9.47 Å². The third-order valence-electron chi connectivity index (χ3n) is 1.82. The molecule has 0 unspecified atom stereocenters. The third kappa shape index (κ3) is 2.13.